The molecular weight excluding hydrogens is 422 g/mol. The van der Waals surface area contributed by atoms with E-state index in [4.69, 9.17) is 11.6 Å². The van der Waals surface area contributed by atoms with E-state index in [1.807, 2.05) is 32.9 Å². The molecule has 0 aromatic heterocycles. The number of fused-ring (bicyclic) bond motifs is 1. The van der Waals surface area contributed by atoms with E-state index in [0.29, 0.717) is 24.9 Å². The molecule has 0 radical (unpaired) electrons. The molecule has 1 aromatic rings. The molecule has 2 fully saturated rings. The van der Waals surface area contributed by atoms with Crippen LogP contribution < -0.4 is 10.6 Å². The van der Waals surface area contributed by atoms with Gasteiger partial charge in [-0.05, 0) is 82.5 Å². The quantitative estimate of drug-likeness (QED) is 0.484. The first kappa shape index (κ1) is 25.5. The molecule has 2 aliphatic rings. The van der Waals surface area contributed by atoms with Gasteiger partial charge >= 0.3 is 0 Å². The number of β-amino-alcohol motifs (C(OH)–C–C–N with tert-alkyl or cyclic N) is 1. The van der Waals surface area contributed by atoms with Crippen molar-refractivity contribution in [2.45, 2.75) is 83.4 Å². The van der Waals surface area contributed by atoms with Gasteiger partial charge in [0.15, 0.2) is 0 Å². The van der Waals surface area contributed by atoms with Gasteiger partial charge in [0.2, 0.25) is 5.91 Å². The zero-order valence-corrected chi connectivity index (χ0v) is 20.8. The number of carbonyl (C=O) groups excluding carboxylic acids is 1. The number of likely N-dealkylation sites (tertiary alicyclic amines) is 1. The normalized spacial score (nSPS) is 25.2. The maximum atomic E-state index is 13.1. The van der Waals surface area contributed by atoms with Gasteiger partial charge < -0.3 is 15.7 Å². The molecule has 1 saturated carbocycles. The van der Waals surface area contributed by atoms with Crippen LogP contribution >= 0.6 is 11.6 Å². The molecule has 5 nitrogen and oxygen atoms in total. The lowest BCUT2D eigenvalue weighted by molar-refractivity contribution is -0.132. The third-order valence-electron chi connectivity index (χ3n) is 6.86. The summed E-state index contributed by atoms with van der Waals surface area (Å²) in [6.07, 6.45) is 7.54. The molecular formula is C26H42ClN3O2. The van der Waals surface area contributed by atoms with Crippen molar-refractivity contribution in [2.75, 3.05) is 26.2 Å². The van der Waals surface area contributed by atoms with Crippen molar-refractivity contribution in [1.82, 2.24) is 15.5 Å². The first-order valence-corrected chi connectivity index (χ1v) is 12.8. The van der Waals surface area contributed by atoms with Crippen LogP contribution in [0.2, 0.25) is 5.02 Å². The lowest BCUT2D eigenvalue weighted by Gasteiger charge is -2.46. The zero-order chi connectivity index (χ0) is 23.1. The number of benzene rings is 1. The Bertz CT molecular complexity index is 719. The van der Waals surface area contributed by atoms with Crippen LogP contribution in [0.5, 0.6) is 0 Å². The molecule has 1 aliphatic heterocycles. The third kappa shape index (κ3) is 8.02. The number of nitrogens with one attached hydrogen (secondary N) is 2. The largest absolute Gasteiger partial charge is 0.390 e. The molecule has 1 aliphatic carbocycles. The van der Waals surface area contributed by atoms with Gasteiger partial charge in [-0.3, -0.25) is 9.69 Å². The van der Waals surface area contributed by atoms with E-state index in [2.05, 4.69) is 27.7 Å². The summed E-state index contributed by atoms with van der Waals surface area (Å²) in [7, 11) is 0. The summed E-state index contributed by atoms with van der Waals surface area (Å²) in [5.41, 5.74) is 1.04. The topological polar surface area (TPSA) is 64.6 Å². The second-order valence-corrected chi connectivity index (χ2v) is 11.3. The number of carbonyl (C=O) groups is 1. The maximum absolute atomic E-state index is 13.1. The van der Waals surface area contributed by atoms with Gasteiger partial charge in [0, 0.05) is 30.2 Å². The number of aryl methyl sites for hydroxylation is 1. The van der Waals surface area contributed by atoms with E-state index in [9.17, 15) is 9.90 Å². The minimum absolute atomic E-state index is 0.115. The Morgan fingerprint density at radius 1 is 1.19 bits per heavy atom. The predicted molar refractivity (Wildman–Crippen MR) is 132 cm³/mol. The Labute approximate surface area is 199 Å². The summed E-state index contributed by atoms with van der Waals surface area (Å²) >= 11 is 5.94. The molecule has 0 unspecified atom stereocenters. The Morgan fingerprint density at radius 2 is 1.88 bits per heavy atom. The zero-order valence-electron chi connectivity index (χ0n) is 20.1. The van der Waals surface area contributed by atoms with Gasteiger partial charge in [-0.15, -0.1) is 0 Å². The van der Waals surface area contributed by atoms with Gasteiger partial charge in [0.1, 0.15) is 0 Å². The number of nitrogens with zero attached hydrogens (tertiary/aromatic N) is 1. The number of halogens is 1. The number of rotatable bonds is 9. The van der Waals surface area contributed by atoms with Crippen LogP contribution in [0.15, 0.2) is 24.3 Å². The fourth-order valence-electron chi connectivity index (χ4n) is 5.30. The van der Waals surface area contributed by atoms with Crippen LogP contribution in [0.1, 0.15) is 64.9 Å². The molecule has 0 bridgehead atoms. The highest BCUT2D eigenvalue weighted by atomic mass is 35.5. The van der Waals surface area contributed by atoms with Crippen molar-refractivity contribution in [3.63, 3.8) is 0 Å². The Balaban J connectivity index is 1.46. The van der Waals surface area contributed by atoms with Crippen molar-refractivity contribution >= 4 is 17.5 Å². The van der Waals surface area contributed by atoms with Gasteiger partial charge in [-0.2, -0.15) is 0 Å². The van der Waals surface area contributed by atoms with Crippen LogP contribution in [-0.2, 0) is 11.2 Å². The van der Waals surface area contributed by atoms with E-state index in [0.717, 1.165) is 37.4 Å². The molecule has 1 aromatic carbocycles. The van der Waals surface area contributed by atoms with Gasteiger partial charge in [-0.1, -0.05) is 43.0 Å². The van der Waals surface area contributed by atoms with Crippen LogP contribution in [0, 0.1) is 11.8 Å². The van der Waals surface area contributed by atoms with Crippen molar-refractivity contribution in [3.8, 4) is 0 Å². The summed E-state index contributed by atoms with van der Waals surface area (Å²) in [5, 5.41) is 18.1. The molecule has 3 N–H and O–H groups in total. The standard InChI is InChI=1S/C26H42ClN3O2/c1-26(2,3)29-25(32)24-15-20-8-4-5-9-21(20)17-30(24)18-23(31)16-28-14-6-7-19-10-12-22(27)13-11-19/h10-13,20-21,23-24,28,31H,4-9,14-18H2,1-3H3,(H,29,32)/t20-,21+,23+,24-/m0/s1. The van der Waals surface area contributed by atoms with Crippen molar-refractivity contribution in [3.05, 3.63) is 34.9 Å². The average Bonchev–Trinajstić information content (AvgIpc) is 2.73. The number of amides is 1. The Hall–Kier alpha value is -1.14. The SMILES string of the molecule is CC(C)(C)NC(=O)[C@@H]1C[C@@H]2CCCC[C@@H]2CN1C[C@H](O)CNCCCc1ccc(Cl)cc1. The van der Waals surface area contributed by atoms with Gasteiger partial charge in [-0.25, -0.2) is 0 Å². The smallest absolute Gasteiger partial charge is 0.237 e. The second kappa shape index (κ2) is 11.8. The number of piperidine rings is 1. The van der Waals surface area contributed by atoms with Gasteiger partial charge in [0.05, 0.1) is 12.1 Å². The summed E-state index contributed by atoms with van der Waals surface area (Å²) in [6.45, 7) is 8.99. The Kier molecular flexibility index (Phi) is 9.42. The van der Waals surface area contributed by atoms with E-state index in [-0.39, 0.29) is 17.5 Å². The van der Waals surface area contributed by atoms with E-state index < -0.39 is 6.10 Å². The summed E-state index contributed by atoms with van der Waals surface area (Å²) in [6, 6.07) is 7.85. The lowest BCUT2D eigenvalue weighted by atomic mass is 9.72. The minimum Gasteiger partial charge on any atom is -0.390 e. The van der Waals surface area contributed by atoms with E-state index in [1.54, 1.807) is 0 Å². The highest BCUT2D eigenvalue weighted by molar-refractivity contribution is 6.30. The first-order chi connectivity index (χ1) is 15.2. The van der Waals surface area contributed by atoms with E-state index >= 15 is 0 Å². The molecule has 6 heteroatoms. The second-order valence-electron chi connectivity index (χ2n) is 10.8. The van der Waals surface area contributed by atoms with Crippen molar-refractivity contribution in [2.24, 2.45) is 11.8 Å². The molecule has 0 spiro atoms. The number of aliphatic hydroxyl groups excluding tert-OH is 1. The molecule has 3 rings (SSSR count). The molecule has 1 saturated heterocycles. The fraction of sp³-hybridized carbons (Fsp3) is 0.731. The van der Waals surface area contributed by atoms with Crippen LogP contribution in [0.3, 0.4) is 0 Å². The first-order valence-electron chi connectivity index (χ1n) is 12.4. The molecule has 32 heavy (non-hydrogen) atoms. The average molecular weight is 464 g/mol. The molecule has 180 valence electrons. The predicted octanol–water partition coefficient (Wildman–Crippen LogP) is 4.02. The van der Waals surface area contributed by atoms with Crippen LogP contribution in [0.4, 0.5) is 0 Å². The van der Waals surface area contributed by atoms with Crippen LogP contribution in [0.25, 0.3) is 0 Å². The molecule has 1 heterocycles. The minimum atomic E-state index is -0.476. The monoisotopic (exact) mass is 463 g/mol. The van der Waals surface area contributed by atoms with Gasteiger partial charge in [0.25, 0.3) is 0 Å². The summed E-state index contributed by atoms with van der Waals surface area (Å²) < 4.78 is 0. The fourth-order valence-corrected chi connectivity index (χ4v) is 5.43. The molecule has 1 amide bonds. The van der Waals surface area contributed by atoms with Crippen molar-refractivity contribution in [1.29, 1.82) is 0 Å². The molecule has 4 atom stereocenters. The van der Waals surface area contributed by atoms with Crippen molar-refractivity contribution < 1.29 is 9.90 Å². The third-order valence-corrected chi connectivity index (χ3v) is 7.11. The number of aliphatic hydroxyl groups is 1. The number of hydrogen-bond donors (Lipinski definition) is 3. The maximum Gasteiger partial charge on any atom is 0.237 e. The Morgan fingerprint density at radius 3 is 2.56 bits per heavy atom. The highest BCUT2D eigenvalue weighted by Gasteiger charge is 2.40. The lowest BCUT2D eigenvalue weighted by Crippen LogP contribution is -2.59. The van der Waals surface area contributed by atoms with E-state index in [1.165, 1.54) is 31.2 Å². The summed E-state index contributed by atoms with van der Waals surface area (Å²) in [5.74, 6) is 1.44. The van der Waals surface area contributed by atoms with Crippen LogP contribution in [-0.4, -0.2) is 59.8 Å². The highest BCUT2D eigenvalue weighted by Crippen LogP contribution is 2.38. The number of hydrogen-bond acceptors (Lipinski definition) is 4. The summed E-state index contributed by atoms with van der Waals surface area (Å²) in [4.78, 5) is 15.3.